The highest BCUT2D eigenvalue weighted by molar-refractivity contribution is 6.06. The molecular formula is C22H37Cl2N5O. The summed E-state index contributed by atoms with van der Waals surface area (Å²) in [6.07, 6.45) is 1.93. The van der Waals surface area contributed by atoms with Gasteiger partial charge in [-0.2, -0.15) is 5.10 Å². The van der Waals surface area contributed by atoms with Crippen LogP contribution in [0.4, 0.5) is 0 Å². The maximum Gasteiger partial charge on any atom is 0.254 e. The Bertz CT molecular complexity index is 878. The number of pyridine rings is 1. The Hall–Kier alpha value is -1.37. The lowest BCUT2D eigenvalue weighted by molar-refractivity contribution is 0.0682. The van der Waals surface area contributed by atoms with E-state index >= 15 is 0 Å². The average Bonchev–Trinajstić information content (AvgIpc) is 2.97. The van der Waals surface area contributed by atoms with Gasteiger partial charge in [0.2, 0.25) is 0 Å². The molecule has 0 aromatic carbocycles. The average molecular weight is 458 g/mol. The van der Waals surface area contributed by atoms with Crippen molar-refractivity contribution >= 4 is 41.8 Å². The standard InChI is InChI=1S/C22H35N5O.2ClH/c1-13(2)18-12-17(21(28)26-10-8-16(9-11-26)14(3)23)19-15(4)25-27(20(19)24-18)22(5,6)7;;/h12-14,16H,8-11,23H2,1-7H3;2*1H. The number of fused-ring (bicyclic) bond motifs is 1. The van der Waals surface area contributed by atoms with Crippen LogP contribution in [0.3, 0.4) is 0 Å². The fraction of sp³-hybridized carbons (Fsp3) is 0.682. The van der Waals surface area contributed by atoms with E-state index in [9.17, 15) is 4.79 Å². The van der Waals surface area contributed by atoms with E-state index in [1.807, 2.05) is 22.6 Å². The molecule has 1 aliphatic rings. The first kappa shape index (κ1) is 26.7. The van der Waals surface area contributed by atoms with Crippen molar-refractivity contribution in [2.45, 2.75) is 78.8 Å². The molecule has 0 saturated carbocycles. The molecule has 3 rings (SSSR count). The van der Waals surface area contributed by atoms with E-state index in [-0.39, 0.29) is 48.2 Å². The van der Waals surface area contributed by atoms with Gasteiger partial charge in [0.1, 0.15) is 0 Å². The summed E-state index contributed by atoms with van der Waals surface area (Å²) in [5.41, 5.74) is 9.21. The summed E-state index contributed by atoms with van der Waals surface area (Å²) in [5, 5.41) is 5.64. The Kier molecular flexibility index (Phi) is 8.74. The van der Waals surface area contributed by atoms with Crippen molar-refractivity contribution in [3.05, 3.63) is 23.0 Å². The van der Waals surface area contributed by atoms with Crippen molar-refractivity contribution in [3.8, 4) is 0 Å². The SMILES string of the molecule is Cc1nn(C(C)(C)C)c2nc(C(C)C)cc(C(=O)N3CCC(C(C)N)CC3)c12.Cl.Cl. The van der Waals surface area contributed by atoms with Crippen LogP contribution in [0.5, 0.6) is 0 Å². The quantitative estimate of drug-likeness (QED) is 0.726. The van der Waals surface area contributed by atoms with Crippen LogP contribution in [0.2, 0.25) is 0 Å². The summed E-state index contributed by atoms with van der Waals surface area (Å²) in [6.45, 7) is 16.1. The highest BCUT2D eigenvalue weighted by atomic mass is 35.5. The summed E-state index contributed by atoms with van der Waals surface area (Å²) in [6, 6.07) is 2.17. The number of nitrogens with two attached hydrogens (primary N) is 1. The Morgan fingerprint density at radius 1 is 1.17 bits per heavy atom. The van der Waals surface area contributed by atoms with Gasteiger partial charge in [-0.25, -0.2) is 9.67 Å². The van der Waals surface area contributed by atoms with Gasteiger partial charge in [-0.15, -0.1) is 24.8 Å². The number of aryl methyl sites for hydroxylation is 1. The first-order valence-corrected chi connectivity index (χ1v) is 10.5. The van der Waals surface area contributed by atoms with E-state index in [1.54, 1.807) is 0 Å². The molecule has 0 radical (unpaired) electrons. The maximum atomic E-state index is 13.5. The molecule has 1 unspecified atom stereocenters. The lowest BCUT2D eigenvalue weighted by Crippen LogP contribution is -2.42. The number of amides is 1. The second-order valence-electron chi connectivity index (χ2n) is 9.60. The summed E-state index contributed by atoms with van der Waals surface area (Å²) in [7, 11) is 0. The summed E-state index contributed by atoms with van der Waals surface area (Å²) >= 11 is 0. The van der Waals surface area contributed by atoms with Gasteiger partial charge in [0.25, 0.3) is 5.91 Å². The van der Waals surface area contributed by atoms with Gasteiger partial charge in [-0.05, 0) is 65.4 Å². The molecule has 30 heavy (non-hydrogen) atoms. The van der Waals surface area contributed by atoms with Gasteiger partial charge in [-0.1, -0.05) is 13.8 Å². The number of hydrogen-bond acceptors (Lipinski definition) is 4. The molecule has 3 heterocycles. The Morgan fingerprint density at radius 3 is 2.20 bits per heavy atom. The molecule has 1 aliphatic heterocycles. The highest BCUT2D eigenvalue weighted by Crippen LogP contribution is 2.30. The predicted octanol–water partition coefficient (Wildman–Crippen LogP) is 4.66. The fourth-order valence-corrected chi connectivity index (χ4v) is 4.04. The number of carbonyl (C=O) groups excluding carboxylic acids is 1. The Balaban J connectivity index is 0.00000225. The van der Waals surface area contributed by atoms with Gasteiger partial charge in [0, 0.05) is 24.8 Å². The van der Waals surface area contributed by atoms with Crippen LogP contribution in [0.25, 0.3) is 11.0 Å². The van der Waals surface area contributed by atoms with Crippen molar-refractivity contribution < 1.29 is 4.79 Å². The molecule has 2 aromatic heterocycles. The predicted molar refractivity (Wildman–Crippen MR) is 128 cm³/mol. The molecule has 1 fully saturated rings. The number of halogens is 2. The molecule has 8 heteroatoms. The van der Waals surface area contributed by atoms with Gasteiger partial charge in [0.05, 0.1) is 22.2 Å². The third kappa shape index (κ3) is 5.09. The van der Waals surface area contributed by atoms with Gasteiger partial charge in [-0.3, -0.25) is 4.79 Å². The minimum absolute atomic E-state index is 0. The molecule has 2 N–H and O–H groups in total. The number of nitrogens with zero attached hydrogens (tertiary/aromatic N) is 4. The Labute approximate surface area is 192 Å². The maximum absolute atomic E-state index is 13.5. The number of likely N-dealkylation sites (tertiary alicyclic amines) is 1. The highest BCUT2D eigenvalue weighted by Gasteiger charge is 2.30. The third-order valence-corrected chi connectivity index (χ3v) is 5.86. The molecule has 170 valence electrons. The molecule has 0 bridgehead atoms. The first-order valence-electron chi connectivity index (χ1n) is 10.5. The normalized spacial score (nSPS) is 16.4. The van der Waals surface area contributed by atoms with Crippen LogP contribution in [-0.4, -0.2) is 44.7 Å². The van der Waals surface area contributed by atoms with Gasteiger partial charge < -0.3 is 10.6 Å². The molecule has 2 aromatic rings. The number of hydrogen-bond donors (Lipinski definition) is 1. The number of piperidine rings is 1. The van der Waals surface area contributed by atoms with E-state index in [0.29, 0.717) is 5.92 Å². The van der Waals surface area contributed by atoms with Crippen molar-refractivity contribution in [1.29, 1.82) is 0 Å². The lowest BCUT2D eigenvalue weighted by Gasteiger charge is -2.34. The number of aromatic nitrogens is 3. The zero-order valence-corrected chi connectivity index (χ0v) is 20.9. The molecule has 0 spiro atoms. The second kappa shape index (κ2) is 9.84. The van der Waals surface area contributed by atoms with E-state index in [4.69, 9.17) is 15.8 Å². The zero-order valence-electron chi connectivity index (χ0n) is 19.2. The molecule has 1 amide bonds. The molecule has 6 nitrogen and oxygen atoms in total. The molecular weight excluding hydrogens is 421 g/mol. The third-order valence-electron chi connectivity index (χ3n) is 5.86. The summed E-state index contributed by atoms with van der Waals surface area (Å²) in [4.78, 5) is 20.4. The van der Waals surface area contributed by atoms with Crippen molar-refractivity contribution in [2.24, 2.45) is 11.7 Å². The van der Waals surface area contributed by atoms with E-state index in [2.05, 4.69) is 41.5 Å². The van der Waals surface area contributed by atoms with Gasteiger partial charge >= 0.3 is 0 Å². The van der Waals surface area contributed by atoms with Crippen LogP contribution < -0.4 is 5.73 Å². The Morgan fingerprint density at radius 2 is 1.73 bits per heavy atom. The molecule has 0 aliphatic carbocycles. The van der Waals surface area contributed by atoms with Crippen LogP contribution >= 0.6 is 24.8 Å². The summed E-state index contributed by atoms with van der Waals surface area (Å²) in [5.74, 6) is 0.829. The van der Waals surface area contributed by atoms with E-state index < -0.39 is 0 Å². The minimum atomic E-state index is -0.203. The van der Waals surface area contributed by atoms with E-state index in [1.165, 1.54) is 0 Å². The topological polar surface area (TPSA) is 77.0 Å². The molecule has 1 atom stereocenters. The fourth-order valence-electron chi connectivity index (χ4n) is 4.04. The van der Waals surface area contributed by atoms with Crippen LogP contribution in [0.1, 0.15) is 82.0 Å². The number of rotatable bonds is 3. The van der Waals surface area contributed by atoms with Crippen LogP contribution in [0, 0.1) is 12.8 Å². The smallest absolute Gasteiger partial charge is 0.254 e. The summed E-state index contributed by atoms with van der Waals surface area (Å²) < 4.78 is 1.96. The van der Waals surface area contributed by atoms with Crippen molar-refractivity contribution in [3.63, 3.8) is 0 Å². The largest absolute Gasteiger partial charge is 0.339 e. The van der Waals surface area contributed by atoms with Crippen molar-refractivity contribution in [2.75, 3.05) is 13.1 Å². The number of carbonyl (C=O) groups is 1. The first-order chi connectivity index (χ1) is 13.0. The second-order valence-corrected chi connectivity index (χ2v) is 9.60. The molecule has 1 saturated heterocycles. The van der Waals surface area contributed by atoms with Crippen LogP contribution in [-0.2, 0) is 5.54 Å². The lowest BCUT2D eigenvalue weighted by atomic mass is 9.90. The van der Waals surface area contributed by atoms with Crippen molar-refractivity contribution in [1.82, 2.24) is 19.7 Å². The minimum Gasteiger partial charge on any atom is -0.339 e. The van der Waals surface area contributed by atoms with Crippen LogP contribution in [0.15, 0.2) is 6.07 Å². The van der Waals surface area contributed by atoms with E-state index in [0.717, 1.165) is 53.9 Å². The monoisotopic (exact) mass is 457 g/mol. The zero-order chi connectivity index (χ0) is 20.8. The van der Waals surface area contributed by atoms with Gasteiger partial charge in [0.15, 0.2) is 5.65 Å².